The second-order valence-corrected chi connectivity index (χ2v) is 1.92. The molecule has 1 aliphatic rings. The molecule has 0 amide bonds. The van der Waals surface area contributed by atoms with E-state index in [1.807, 2.05) is 18.3 Å². The van der Waals surface area contributed by atoms with Crippen molar-refractivity contribution in [3.8, 4) is 0 Å². The van der Waals surface area contributed by atoms with Gasteiger partial charge in [0.05, 0.1) is 0 Å². The summed E-state index contributed by atoms with van der Waals surface area (Å²) in [6.45, 7) is 3.19. The Labute approximate surface area is 36.7 Å². The average molecular weight is 85.9 g/mol. The Kier molecular flexibility index (Phi) is 1.23. The minimum atomic E-state index is 1.16. The van der Waals surface area contributed by atoms with Crippen molar-refractivity contribution in [3.63, 3.8) is 0 Å². The van der Waals surface area contributed by atoms with E-state index in [0.717, 1.165) is 6.54 Å². The molecule has 0 saturated carbocycles. The van der Waals surface area contributed by atoms with E-state index >= 15 is 0 Å². The van der Waals surface area contributed by atoms with Crippen molar-refractivity contribution in [2.45, 2.75) is 0 Å². The first-order chi connectivity index (χ1) is 2.50. The molecule has 1 saturated heterocycles. The highest BCUT2D eigenvalue weighted by Crippen LogP contribution is 1.96. The van der Waals surface area contributed by atoms with Crippen molar-refractivity contribution in [3.05, 3.63) is 0 Å². The lowest BCUT2D eigenvalue weighted by Crippen LogP contribution is -2.07. The van der Waals surface area contributed by atoms with Crippen LogP contribution < -0.4 is 5.23 Å². The fourth-order valence-corrected chi connectivity index (χ4v) is 0.884. The first-order valence-corrected chi connectivity index (χ1v) is 2.72. The molecule has 1 radical (unpaired) electrons. The summed E-state index contributed by atoms with van der Waals surface area (Å²) >= 11 is 1.84. The molecule has 1 heterocycles. The monoisotopic (exact) mass is 86.0 g/mol. The molecule has 0 spiro atoms. The summed E-state index contributed by atoms with van der Waals surface area (Å²) < 4.78 is 0. The van der Waals surface area contributed by atoms with Gasteiger partial charge in [-0.15, -0.1) is 0 Å². The van der Waals surface area contributed by atoms with Crippen molar-refractivity contribution < 1.29 is 0 Å². The van der Waals surface area contributed by atoms with Gasteiger partial charge in [-0.3, -0.25) is 0 Å². The lowest BCUT2D eigenvalue weighted by Gasteiger charge is -1.73. The summed E-state index contributed by atoms with van der Waals surface area (Å²) in [6.07, 6.45) is 0. The Balaban J connectivity index is 2.08. The van der Waals surface area contributed by atoms with Gasteiger partial charge in [-0.05, 0) is 12.3 Å². The van der Waals surface area contributed by atoms with Gasteiger partial charge in [0.15, 0.2) is 0 Å². The van der Waals surface area contributed by atoms with E-state index in [4.69, 9.17) is 0 Å². The van der Waals surface area contributed by atoms with E-state index in [-0.39, 0.29) is 0 Å². The Morgan fingerprint density at radius 3 is 3.00 bits per heavy atom. The lowest BCUT2D eigenvalue weighted by molar-refractivity contribution is 1.05. The zero-order valence-electron chi connectivity index (χ0n) is 2.90. The topological polar surface area (TPSA) is 12.0 Å². The van der Waals surface area contributed by atoms with Crippen LogP contribution in [0.2, 0.25) is 0 Å². The van der Waals surface area contributed by atoms with E-state index in [9.17, 15) is 0 Å². The molecule has 1 aliphatic heterocycles. The largest absolute Gasteiger partial charge is 0.350 e. The van der Waals surface area contributed by atoms with Crippen molar-refractivity contribution in [1.29, 1.82) is 0 Å². The number of rotatable bonds is 0. The third kappa shape index (κ3) is 0.854. The number of nitrogens with one attached hydrogen (secondary N) is 1. The van der Waals surface area contributed by atoms with Crippen molar-refractivity contribution in [2.75, 3.05) is 12.3 Å². The molecular formula is C2H5BNS. The Hall–Kier alpha value is 0.375. The molecule has 0 bridgehead atoms. The number of hydrogen-bond donors (Lipinski definition) is 1. The van der Waals surface area contributed by atoms with E-state index in [1.165, 1.54) is 5.75 Å². The fraction of sp³-hybridized carbons (Fsp3) is 1.00. The molecule has 27 valence electrons. The molecule has 0 aromatic heterocycles. The van der Waals surface area contributed by atoms with Gasteiger partial charge in [-0.1, -0.05) is 0 Å². The molecule has 1 nitrogen and oxygen atoms in total. The van der Waals surface area contributed by atoms with Crippen LogP contribution in [-0.4, -0.2) is 19.0 Å². The predicted octanol–water partition coefficient (Wildman–Crippen LogP) is -0.143. The summed E-state index contributed by atoms with van der Waals surface area (Å²) in [4.78, 5) is 0. The Bertz CT molecular complexity index is 21.2. The summed E-state index contributed by atoms with van der Waals surface area (Å²) in [5.74, 6) is 1.25. The maximum atomic E-state index is 3.06. The van der Waals surface area contributed by atoms with Crippen LogP contribution in [0, 0.1) is 0 Å². The quantitative estimate of drug-likeness (QED) is 0.411. The SMILES string of the molecule is [B]1NCCS1. The lowest BCUT2D eigenvalue weighted by atomic mass is 10.4. The maximum Gasteiger partial charge on any atom is 0.285 e. The molecule has 0 unspecified atom stereocenters. The molecule has 3 heteroatoms. The average Bonchev–Trinajstić information content (AvgIpc) is 1.76. The third-order valence-electron chi connectivity index (χ3n) is 0.531. The van der Waals surface area contributed by atoms with Gasteiger partial charge in [0.25, 0.3) is 6.69 Å². The zero-order valence-corrected chi connectivity index (χ0v) is 3.72. The van der Waals surface area contributed by atoms with Crippen LogP contribution >= 0.6 is 11.6 Å². The first-order valence-electron chi connectivity index (χ1n) is 1.67. The van der Waals surface area contributed by atoms with Crippen molar-refractivity contribution >= 4 is 18.3 Å². The minimum absolute atomic E-state index is 1.16. The minimum Gasteiger partial charge on any atom is -0.350 e. The van der Waals surface area contributed by atoms with Crippen molar-refractivity contribution in [1.82, 2.24) is 5.23 Å². The Morgan fingerprint density at radius 1 is 1.80 bits per heavy atom. The molecule has 0 aromatic rings. The highest BCUT2D eigenvalue weighted by molar-refractivity contribution is 8.22. The molecule has 1 rings (SSSR count). The van der Waals surface area contributed by atoms with E-state index in [2.05, 4.69) is 5.23 Å². The summed E-state index contributed by atoms with van der Waals surface area (Å²) in [6, 6.07) is 0. The van der Waals surface area contributed by atoms with Crippen LogP contribution in [0.15, 0.2) is 0 Å². The zero-order chi connectivity index (χ0) is 3.54. The van der Waals surface area contributed by atoms with Crippen LogP contribution in [-0.2, 0) is 0 Å². The van der Waals surface area contributed by atoms with Crippen LogP contribution in [0.3, 0.4) is 0 Å². The van der Waals surface area contributed by atoms with E-state index < -0.39 is 0 Å². The second kappa shape index (κ2) is 1.72. The smallest absolute Gasteiger partial charge is 0.285 e. The van der Waals surface area contributed by atoms with Crippen LogP contribution in [0.4, 0.5) is 0 Å². The first kappa shape index (κ1) is 3.56. The highest BCUT2D eigenvalue weighted by atomic mass is 32.2. The molecular weight excluding hydrogens is 80.9 g/mol. The highest BCUT2D eigenvalue weighted by Gasteiger charge is 1.96. The van der Waals surface area contributed by atoms with Gasteiger partial charge in [-0.2, -0.15) is 11.6 Å². The fourth-order valence-electron chi connectivity index (χ4n) is 0.295. The normalized spacial score (nSPS) is 22.4. The number of hydrogen-bond acceptors (Lipinski definition) is 2. The van der Waals surface area contributed by atoms with Gasteiger partial charge in [0.2, 0.25) is 0 Å². The summed E-state index contributed by atoms with van der Waals surface area (Å²) in [5, 5.41) is 3.06. The van der Waals surface area contributed by atoms with Gasteiger partial charge < -0.3 is 5.23 Å². The van der Waals surface area contributed by atoms with Crippen LogP contribution in [0.5, 0.6) is 0 Å². The van der Waals surface area contributed by atoms with Gasteiger partial charge >= 0.3 is 0 Å². The summed E-state index contributed by atoms with van der Waals surface area (Å²) in [5.41, 5.74) is 0. The molecule has 5 heavy (non-hydrogen) atoms. The molecule has 0 aromatic carbocycles. The molecule has 1 N–H and O–H groups in total. The second-order valence-electron chi connectivity index (χ2n) is 0.943. The standard InChI is InChI=1S/C2H5BNS/c1-2-5-3-4-1/h4H,1-2H2. The van der Waals surface area contributed by atoms with Crippen molar-refractivity contribution in [2.24, 2.45) is 0 Å². The van der Waals surface area contributed by atoms with E-state index in [1.54, 1.807) is 0 Å². The molecule has 0 atom stereocenters. The van der Waals surface area contributed by atoms with Crippen LogP contribution in [0.1, 0.15) is 0 Å². The van der Waals surface area contributed by atoms with E-state index in [0.29, 0.717) is 0 Å². The summed E-state index contributed by atoms with van der Waals surface area (Å²) in [7, 11) is 0. The predicted molar refractivity (Wildman–Crippen MR) is 26.2 cm³/mol. The third-order valence-corrected chi connectivity index (χ3v) is 1.30. The molecule has 0 aliphatic carbocycles. The molecule has 1 fully saturated rings. The van der Waals surface area contributed by atoms with Crippen LogP contribution in [0.25, 0.3) is 0 Å². The van der Waals surface area contributed by atoms with Gasteiger partial charge in [0, 0.05) is 0 Å². The Morgan fingerprint density at radius 2 is 2.80 bits per heavy atom. The van der Waals surface area contributed by atoms with Gasteiger partial charge in [0.1, 0.15) is 0 Å². The maximum absolute atomic E-state index is 3.06. The van der Waals surface area contributed by atoms with Gasteiger partial charge in [-0.25, -0.2) is 0 Å².